The van der Waals surface area contributed by atoms with Gasteiger partial charge in [-0.2, -0.15) is 0 Å². The van der Waals surface area contributed by atoms with Gasteiger partial charge in [-0.15, -0.1) is 0 Å². The number of halogens is 1. The van der Waals surface area contributed by atoms with E-state index in [1.54, 1.807) is 0 Å². The highest BCUT2D eigenvalue weighted by molar-refractivity contribution is 6.31. The van der Waals surface area contributed by atoms with E-state index >= 15 is 0 Å². The van der Waals surface area contributed by atoms with Crippen molar-refractivity contribution in [3.05, 3.63) is 28.8 Å². The summed E-state index contributed by atoms with van der Waals surface area (Å²) in [6.07, 6.45) is 5.54. The van der Waals surface area contributed by atoms with Crippen LogP contribution in [0.2, 0.25) is 5.02 Å². The van der Waals surface area contributed by atoms with Gasteiger partial charge in [0.25, 0.3) is 0 Å². The van der Waals surface area contributed by atoms with Gasteiger partial charge in [0.15, 0.2) is 0 Å². The van der Waals surface area contributed by atoms with Gasteiger partial charge < -0.3 is 14.5 Å². The third kappa shape index (κ3) is 6.15. The predicted molar refractivity (Wildman–Crippen MR) is 124 cm³/mol. The van der Waals surface area contributed by atoms with E-state index in [1.807, 2.05) is 55.7 Å². The van der Waals surface area contributed by atoms with Crippen molar-refractivity contribution in [2.75, 3.05) is 32.8 Å². The first-order chi connectivity index (χ1) is 14.6. The fraction of sp³-hybridized carbons (Fsp3) is 0.680. The van der Waals surface area contributed by atoms with Crippen LogP contribution in [0, 0.1) is 17.8 Å². The monoisotopic (exact) mass is 448 g/mol. The minimum Gasteiger partial charge on any atom is -0.493 e. The fourth-order valence-corrected chi connectivity index (χ4v) is 4.81. The van der Waals surface area contributed by atoms with Crippen molar-refractivity contribution < 1.29 is 14.3 Å². The minimum atomic E-state index is -0.436. The smallest absolute Gasteiger partial charge is 0.227 e. The molecule has 6 heteroatoms. The van der Waals surface area contributed by atoms with Crippen LogP contribution in [0.4, 0.5) is 0 Å². The third-order valence-electron chi connectivity index (χ3n) is 6.50. The van der Waals surface area contributed by atoms with Gasteiger partial charge in [0, 0.05) is 48.5 Å². The number of aryl methyl sites for hydroxylation is 1. The van der Waals surface area contributed by atoms with E-state index in [2.05, 4.69) is 0 Å². The summed E-state index contributed by atoms with van der Waals surface area (Å²) in [5.41, 5.74) is 0.154. The first-order valence-corrected chi connectivity index (χ1v) is 11.9. The van der Waals surface area contributed by atoms with Gasteiger partial charge in [0.2, 0.25) is 11.8 Å². The number of hydrogen-bond donors (Lipinski definition) is 0. The Morgan fingerprint density at radius 1 is 1.06 bits per heavy atom. The highest BCUT2D eigenvalue weighted by Gasteiger charge is 2.42. The van der Waals surface area contributed by atoms with Crippen molar-refractivity contribution in [2.45, 2.75) is 66.2 Å². The second kappa shape index (κ2) is 9.81. The summed E-state index contributed by atoms with van der Waals surface area (Å²) < 4.78 is 6.22. The molecule has 172 valence electrons. The molecule has 0 aliphatic carbocycles. The largest absolute Gasteiger partial charge is 0.493 e. The number of carbonyl (C=O) groups excluding carboxylic acids is 2. The summed E-state index contributed by atoms with van der Waals surface area (Å²) in [5, 5.41) is 0.710. The molecule has 2 heterocycles. The van der Waals surface area contributed by atoms with Crippen molar-refractivity contribution in [1.82, 2.24) is 9.80 Å². The van der Waals surface area contributed by atoms with Crippen LogP contribution in [-0.2, 0) is 9.59 Å². The molecule has 5 nitrogen and oxygen atoms in total. The van der Waals surface area contributed by atoms with E-state index in [9.17, 15) is 9.59 Å². The van der Waals surface area contributed by atoms with Crippen LogP contribution in [-0.4, -0.2) is 54.4 Å². The summed E-state index contributed by atoms with van der Waals surface area (Å²) in [7, 11) is 0. The Kier molecular flexibility index (Phi) is 7.56. The molecule has 0 spiro atoms. The third-order valence-corrected chi connectivity index (χ3v) is 6.92. The molecule has 1 atom stereocenters. The maximum Gasteiger partial charge on any atom is 0.227 e. The van der Waals surface area contributed by atoms with Crippen LogP contribution in [0.1, 0.15) is 64.9 Å². The van der Waals surface area contributed by atoms with Crippen molar-refractivity contribution in [3.63, 3.8) is 0 Å². The number of ether oxygens (including phenoxy) is 1. The van der Waals surface area contributed by atoms with E-state index in [0.29, 0.717) is 24.6 Å². The number of nitrogens with zero attached hydrogens (tertiary/aromatic N) is 2. The van der Waals surface area contributed by atoms with Crippen LogP contribution in [0.15, 0.2) is 18.2 Å². The molecule has 1 aromatic rings. The molecule has 3 rings (SSSR count). The zero-order chi connectivity index (χ0) is 22.6. The van der Waals surface area contributed by atoms with Crippen molar-refractivity contribution in [1.29, 1.82) is 0 Å². The lowest BCUT2D eigenvalue weighted by Gasteiger charge is -2.44. The standard InChI is InChI=1S/C25H37ClN2O3/c1-19-15-20(9-10-21(19)26)31-18-25(16-22(29)27-12-6-5-7-13-27)11-8-14-28(17-25)23(30)24(2,3)4/h9-10,15H,5-8,11-14,16-18H2,1-4H3. The fourth-order valence-electron chi connectivity index (χ4n) is 4.69. The second-order valence-electron chi connectivity index (χ2n) is 10.4. The Balaban J connectivity index is 1.79. The quantitative estimate of drug-likeness (QED) is 0.630. The Morgan fingerprint density at radius 2 is 1.74 bits per heavy atom. The van der Waals surface area contributed by atoms with Crippen LogP contribution >= 0.6 is 11.6 Å². The highest BCUT2D eigenvalue weighted by atomic mass is 35.5. The summed E-state index contributed by atoms with van der Waals surface area (Å²) >= 11 is 6.16. The van der Waals surface area contributed by atoms with E-state index in [0.717, 1.165) is 56.6 Å². The van der Waals surface area contributed by atoms with E-state index in [1.165, 1.54) is 6.42 Å². The molecule has 1 unspecified atom stereocenters. The highest BCUT2D eigenvalue weighted by Crippen LogP contribution is 2.37. The lowest BCUT2D eigenvalue weighted by Crippen LogP contribution is -2.53. The van der Waals surface area contributed by atoms with E-state index in [-0.39, 0.29) is 17.2 Å². The van der Waals surface area contributed by atoms with Crippen LogP contribution in [0.3, 0.4) is 0 Å². The molecule has 2 aliphatic heterocycles. The average molecular weight is 449 g/mol. The van der Waals surface area contributed by atoms with Crippen LogP contribution in [0.25, 0.3) is 0 Å². The number of rotatable bonds is 5. The number of hydrogen-bond acceptors (Lipinski definition) is 3. The Labute approximate surface area is 192 Å². The summed E-state index contributed by atoms with van der Waals surface area (Å²) in [5.74, 6) is 1.09. The van der Waals surface area contributed by atoms with Gasteiger partial charge in [-0.05, 0) is 62.8 Å². The molecule has 0 aromatic heterocycles. The van der Waals surface area contributed by atoms with Crippen molar-refractivity contribution in [3.8, 4) is 5.75 Å². The normalized spacial score (nSPS) is 22.4. The minimum absolute atomic E-state index is 0.143. The molecule has 2 aliphatic rings. The van der Waals surface area contributed by atoms with Gasteiger partial charge in [-0.3, -0.25) is 9.59 Å². The first-order valence-electron chi connectivity index (χ1n) is 11.6. The summed E-state index contributed by atoms with van der Waals surface area (Å²) in [6.45, 7) is 11.2. The number of likely N-dealkylation sites (tertiary alicyclic amines) is 2. The van der Waals surface area contributed by atoms with Gasteiger partial charge >= 0.3 is 0 Å². The SMILES string of the molecule is Cc1cc(OCC2(CC(=O)N3CCCCC3)CCCN(C(=O)C(C)(C)C)C2)ccc1Cl. The molecule has 2 amide bonds. The molecule has 31 heavy (non-hydrogen) atoms. The first kappa shape index (κ1) is 23.9. The molecule has 0 N–H and O–H groups in total. The number of carbonyl (C=O) groups is 2. The lowest BCUT2D eigenvalue weighted by molar-refractivity contribution is -0.147. The maximum atomic E-state index is 13.2. The van der Waals surface area contributed by atoms with Gasteiger partial charge in [0.05, 0.1) is 6.61 Å². The van der Waals surface area contributed by atoms with Crippen molar-refractivity contribution in [2.24, 2.45) is 10.8 Å². The number of piperidine rings is 2. The van der Waals surface area contributed by atoms with Gasteiger partial charge in [0.1, 0.15) is 5.75 Å². The Bertz CT molecular complexity index is 798. The number of amides is 2. The van der Waals surface area contributed by atoms with Gasteiger partial charge in [-0.1, -0.05) is 32.4 Å². The Hall–Kier alpha value is -1.75. The van der Waals surface area contributed by atoms with Crippen molar-refractivity contribution >= 4 is 23.4 Å². The van der Waals surface area contributed by atoms with Crippen LogP contribution < -0.4 is 4.74 Å². The molecule has 0 radical (unpaired) electrons. The van der Waals surface area contributed by atoms with E-state index in [4.69, 9.17) is 16.3 Å². The molecular formula is C25H37ClN2O3. The molecule has 2 fully saturated rings. The van der Waals surface area contributed by atoms with E-state index < -0.39 is 5.41 Å². The zero-order valence-electron chi connectivity index (χ0n) is 19.5. The average Bonchev–Trinajstić information content (AvgIpc) is 2.74. The topological polar surface area (TPSA) is 49.9 Å². The summed E-state index contributed by atoms with van der Waals surface area (Å²) in [6, 6.07) is 5.65. The number of benzene rings is 1. The molecular weight excluding hydrogens is 412 g/mol. The second-order valence-corrected chi connectivity index (χ2v) is 10.8. The Morgan fingerprint density at radius 3 is 2.39 bits per heavy atom. The summed E-state index contributed by atoms with van der Waals surface area (Å²) in [4.78, 5) is 30.2. The molecule has 0 bridgehead atoms. The maximum absolute atomic E-state index is 13.2. The predicted octanol–water partition coefficient (Wildman–Crippen LogP) is 5.08. The van der Waals surface area contributed by atoms with Gasteiger partial charge in [-0.25, -0.2) is 0 Å². The lowest BCUT2D eigenvalue weighted by atomic mass is 9.76. The van der Waals surface area contributed by atoms with Crippen LogP contribution in [0.5, 0.6) is 5.75 Å². The molecule has 2 saturated heterocycles. The molecule has 0 saturated carbocycles. The molecule has 1 aromatic carbocycles. The zero-order valence-corrected chi connectivity index (χ0v) is 20.3.